The first-order chi connectivity index (χ1) is 15.3. The van der Waals surface area contributed by atoms with Crippen LogP contribution in [0.2, 0.25) is 0 Å². The van der Waals surface area contributed by atoms with Crippen molar-refractivity contribution >= 4 is 29.2 Å². The van der Waals surface area contributed by atoms with Crippen LogP contribution < -0.4 is 10.2 Å². The van der Waals surface area contributed by atoms with Gasteiger partial charge in [0, 0.05) is 44.0 Å². The van der Waals surface area contributed by atoms with Gasteiger partial charge < -0.3 is 15.1 Å². The third kappa shape index (κ3) is 3.86. The Hall–Kier alpha value is -3.95. The number of imide groups is 1. The van der Waals surface area contributed by atoms with Crippen LogP contribution in [-0.4, -0.2) is 65.3 Å². The van der Waals surface area contributed by atoms with Crippen molar-refractivity contribution in [1.82, 2.24) is 15.1 Å². The Labute approximate surface area is 184 Å². The van der Waals surface area contributed by atoms with Gasteiger partial charge in [-0.2, -0.15) is 0 Å². The summed E-state index contributed by atoms with van der Waals surface area (Å²) in [7, 11) is 0. The standard InChI is InChI=1S/C22H23N5O5/c1-22(16-5-3-2-4-6-16)20(29)26(21(30)23-22)15-19(28)25-13-11-24(12-14-25)17-7-9-18(10-8-17)27(31)32/h2-10H,11-15H2,1H3,(H,23,30). The van der Waals surface area contributed by atoms with Crippen molar-refractivity contribution in [2.45, 2.75) is 12.5 Å². The third-order valence-electron chi connectivity index (χ3n) is 5.98. The van der Waals surface area contributed by atoms with Crippen LogP contribution in [0.5, 0.6) is 0 Å². The number of nitrogens with zero attached hydrogens (tertiary/aromatic N) is 4. The van der Waals surface area contributed by atoms with Crippen LogP contribution in [0.25, 0.3) is 0 Å². The summed E-state index contributed by atoms with van der Waals surface area (Å²) < 4.78 is 0. The SMILES string of the molecule is CC1(c2ccccc2)NC(=O)N(CC(=O)N2CCN(c3ccc([N+](=O)[O-])cc3)CC2)C1=O. The molecule has 4 rings (SSSR count). The normalized spacial score (nSPS) is 21.0. The van der Waals surface area contributed by atoms with Gasteiger partial charge in [-0.05, 0) is 24.6 Å². The number of non-ortho nitro benzene ring substituents is 1. The summed E-state index contributed by atoms with van der Waals surface area (Å²) in [5, 5.41) is 13.5. The molecule has 0 aliphatic carbocycles. The van der Waals surface area contributed by atoms with Crippen LogP contribution in [0.3, 0.4) is 0 Å². The monoisotopic (exact) mass is 437 g/mol. The van der Waals surface area contributed by atoms with Crippen molar-refractivity contribution in [3.63, 3.8) is 0 Å². The van der Waals surface area contributed by atoms with Crippen LogP contribution in [0.1, 0.15) is 12.5 Å². The zero-order chi connectivity index (χ0) is 22.9. The van der Waals surface area contributed by atoms with Crippen molar-refractivity contribution in [1.29, 1.82) is 0 Å². The lowest BCUT2D eigenvalue weighted by atomic mass is 9.92. The van der Waals surface area contributed by atoms with Crippen molar-refractivity contribution in [2.75, 3.05) is 37.6 Å². The molecule has 2 aromatic rings. The van der Waals surface area contributed by atoms with E-state index >= 15 is 0 Å². The summed E-state index contributed by atoms with van der Waals surface area (Å²) in [6.45, 7) is 3.27. The molecule has 0 radical (unpaired) electrons. The minimum atomic E-state index is -1.20. The van der Waals surface area contributed by atoms with Crippen molar-refractivity contribution in [2.24, 2.45) is 0 Å². The van der Waals surface area contributed by atoms with Crippen molar-refractivity contribution in [3.05, 3.63) is 70.3 Å². The molecule has 2 aromatic carbocycles. The third-order valence-corrected chi connectivity index (χ3v) is 5.98. The first-order valence-electron chi connectivity index (χ1n) is 10.3. The summed E-state index contributed by atoms with van der Waals surface area (Å²) in [5.74, 6) is -0.749. The number of hydrogen-bond donors (Lipinski definition) is 1. The van der Waals surface area contributed by atoms with E-state index in [0.29, 0.717) is 31.7 Å². The van der Waals surface area contributed by atoms with E-state index in [1.165, 1.54) is 12.1 Å². The number of piperazine rings is 1. The number of benzene rings is 2. The van der Waals surface area contributed by atoms with Crippen LogP contribution in [-0.2, 0) is 15.1 Å². The van der Waals surface area contributed by atoms with E-state index in [9.17, 15) is 24.5 Å². The minimum absolute atomic E-state index is 0.0265. The van der Waals surface area contributed by atoms with Gasteiger partial charge in [0.2, 0.25) is 5.91 Å². The summed E-state index contributed by atoms with van der Waals surface area (Å²) in [4.78, 5) is 53.3. The number of anilines is 1. The second-order valence-electron chi connectivity index (χ2n) is 7.95. The summed E-state index contributed by atoms with van der Waals surface area (Å²) in [6.07, 6.45) is 0. The quantitative estimate of drug-likeness (QED) is 0.433. The highest BCUT2D eigenvalue weighted by atomic mass is 16.6. The zero-order valence-corrected chi connectivity index (χ0v) is 17.6. The van der Waals surface area contributed by atoms with Crippen LogP contribution in [0, 0.1) is 10.1 Å². The second kappa shape index (κ2) is 8.29. The Morgan fingerprint density at radius 1 is 1.03 bits per heavy atom. The van der Waals surface area contributed by atoms with E-state index in [2.05, 4.69) is 5.32 Å². The number of hydrogen-bond acceptors (Lipinski definition) is 6. The number of urea groups is 1. The molecule has 1 unspecified atom stereocenters. The van der Waals surface area contributed by atoms with Crippen LogP contribution >= 0.6 is 0 Å². The highest BCUT2D eigenvalue weighted by Gasteiger charge is 2.49. The number of nitrogens with one attached hydrogen (secondary N) is 1. The maximum atomic E-state index is 13.0. The van der Waals surface area contributed by atoms with E-state index in [1.807, 2.05) is 11.0 Å². The lowest BCUT2D eigenvalue weighted by molar-refractivity contribution is -0.384. The zero-order valence-electron chi connectivity index (χ0n) is 17.6. The average Bonchev–Trinajstić information content (AvgIpc) is 3.03. The highest BCUT2D eigenvalue weighted by molar-refractivity contribution is 6.09. The first-order valence-corrected chi connectivity index (χ1v) is 10.3. The predicted octanol–water partition coefficient (Wildman–Crippen LogP) is 1.71. The van der Waals surface area contributed by atoms with E-state index < -0.39 is 22.4 Å². The van der Waals surface area contributed by atoms with Gasteiger partial charge in [0.25, 0.3) is 11.6 Å². The molecular weight excluding hydrogens is 414 g/mol. The largest absolute Gasteiger partial charge is 0.368 e. The molecule has 2 aliphatic heterocycles. The lowest BCUT2D eigenvalue weighted by Crippen LogP contribution is -2.52. The highest BCUT2D eigenvalue weighted by Crippen LogP contribution is 2.28. The Morgan fingerprint density at radius 2 is 1.66 bits per heavy atom. The number of nitro groups is 1. The Morgan fingerprint density at radius 3 is 2.25 bits per heavy atom. The first kappa shape index (κ1) is 21.3. The number of carbonyl (C=O) groups excluding carboxylic acids is 3. The number of carbonyl (C=O) groups is 3. The molecule has 0 aromatic heterocycles. The average molecular weight is 437 g/mol. The van der Waals surface area contributed by atoms with Gasteiger partial charge in [0.15, 0.2) is 0 Å². The summed E-state index contributed by atoms with van der Waals surface area (Å²) >= 11 is 0. The number of amides is 4. The Kier molecular flexibility index (Phi) is 5.52. The van der Waals surface area contributed by atoms with E-state index in [1.54, 1.807) is 48.2 Å². The molecule has 2 heterocycles. The molecule has 32 heavy (non-hydrogen) atoms. The lowest BCUT2D eigenvalue weighted by Gasteiger charge is -2.36. The summed E-state index contributed by atoms with van der Waals surface area (Å²) in [5.41, 5.74) is 0.326. The molecule has 1 atom stereocenters. The van der Waals surface area contributed by atoms with E-state index in [-0.39, 0.29) is 18.1 Å². The number of rotatable bonds is 5. The maximum absolute atomic E-state index is 13.0. The van der Waals surface area contributed by atoms with Gasteiger partial charge in [0.1, 0.15) is 12.1 Å². The molecular formula is C22H23N5O5. The van der Waals surface area contributed by atoms with Gasteiger partial charge >= 0.3 is 6.03 Å². The predicted molar refractivity (Wildman–Crippen MR) is 116 cm³/mol. The fourth-order valence-electron chi connectivity index (χ4n) is 4.04. The molecule has 10 heteroatoms. The molecule has 2 saturated heterocycles. The Balaban J connectivity index is 1.36. The van der Waals surface area contributed by atoms with Gasteiger partial charge in [0.05, 0.1) is 4.92 Å². The van der Waals surface area contributed by atoms with Gasteiger partial charge in [-0.15, -0.1) is 0 Å². The molecule has 0 bridgehead atoms. The fraction of sp³-hybridized carbons (Fsp3) is 0.318. The van der Waals surface area contributed by atoms with Gasteiger partial charge in [-0.3, -0.25) is 24.6 Å². The minimum Gasteiger partial charge on any atom is -0.368 e. The van der Waals surface area contributed by atoms with Crippen LogP contribution in [0.15, 0.2) is 54.6 Å². The van der Waals surface area contributed by atoms with Crippen molar-refractivity contribution in [3.8, 4) is 0 Å². The van der Waals surface area contributed by atoms with Gasteiger partial charge in [-0.25, -0.2) is 4.79 Å². The molecule has 1 N–H and O–H groups in total. The maximum Gasteiger partial charge on any atom is 0.325 e. The molecule has 2 aliphatic rings. The second-order valence-corrected chi connectivity index (χ2v) is 7.95. The molecule has 0 spiro atoms. The molecule has 2 fully saturated rings. The fourth-order valence-corrected chi connectivity index (χ4v) is 4.04. The smallest absolute Gasteiger partial charge is 0.325 e. The van der Waals surface area contributed by atoms with E-state index in [4.69, 9.17) is 0 Å². The number of nitro benzene ring substituents is 1. The molecule has 4 amide bonds. The van der Waals surface area contributed by atoms with Gasteiger partial charge in [-0.1, -0.05) is 30.3 Å². The molecule has 10 nitrogen and oxygen atoms in total. The topological polar surface area (TPSA) is 116 Å². The Bertz CT molecular complexity index is 1050. The van der Waals surface area contributed by atoms with E-state index in [0.717, 1.165) is 10.6 Å². The van der Waals surface area contributed by atoms with Crippen LogP contribution in [0.4, 0.5) is 16.2 Å². The molecule has 0 saturated carbocycles. The summed E-state index contributed by atoms with van der Waals surface area (Å²) in [6, 6.07) is 14.6. The molecule has 166 valence electrons. The van der Waals surface area contributed by atoms with Crippen molar-refractivity contribution < 1.29 is 19.3 Å².